The van der Waals surface area contributed by atoms with E-state index in [-0.39, 0.29) is 17.5 Å². The van der Waals surface area contributed by atoms with Gasteiger partial charge >= 0.3 is 6.18 Å². The van der Waals surface area contributed by atoms with Crippen LogP contribution in [0.25, 0.3) is 0 Å². The normalized spacial score (nSPS) is 12.0. The molecule has 1 aromatic rings. The van der Waals surface area contributed by atoms with Crippen LogP contribution in [0.5, 0.6) is 5.88 Å². The molecule has 0 N–H and O–H groups in total. The van der Waals surface area contributed by atoms with Crippen molar-refractivity contribution in [1.82, 2.24) is 4.98 Å². The van der Waals surface area contributed by atoms with Gasteiger partial charge in [0.2, 0.25) is 5.88 Å². The number of nitrogens with zero attached hydrogens (tertiary/aromatic N) is 2. The van der Waals surface area contributed by atoms with E-state index in [4.69, 9.17) is 10.00 Å². The first-order valence-electron chi connectivity index (χ1n) is 7.28. The quantitative estimate of drug-likeness (QED) is 0.757. The van der Waals surface area contributed by atoms with Crippen molar-refractivity contribution in [3.8, 4) is 11.9 Å². The summed E-state index contributed by atoms with van der Waals surface area (Å²) in [4.78, 5) is 3.50. The van der Waals surface area contributed by atoms with Crippen LogP contribution in [-0.4, -0.2) is 11.1 Å². The van der Waals surface area contributed by atoms with Crippen LogP contribution in [0.1, 0.15) is 51.8 Å². The van der Waals surface area contributed by atoms with Gasteiger partial charge in [-0.1, -0.05) is 27.7 Å². The van der Waals surface area contributed by atoms with Gasteiger partial charge < -0.3 is 4.74 Å². The van der Waals surface area contributed by atoms with Crippen LogP contribution in [0.3, 0.4) is 0 Å². The van der Waals surface area contributed by atoms with Crippen LogP contribution in [-0.2, 0) is 6.18 Å². The average molecular weight is 314 g/mol. The highest BCUT2D eigenvalue weighted by Crippen LogP contribution is 2.31. The van der Waals surface area contributed by atoms with Crippen LogP contribution in [0.4, 0.5) is 13.2 Å². The second-order valence-electron chi connectivity index (χ2n) is 6.16. The van der Waals surface area contributed by atoms with Crippen molar-refractivity contribution in [1.29, 1.82) is 5.26 Å². The van der Waals surface area contributed by atoms with Gasteiger partial charge in [0.15, 0.2) is 0 Å². The zero-order valence-corrected chi connectivity index (χ0v) is 13.2. The summed E-state index contributed by atoms with van der Waals surface area (Å²) in [6.45, 7) is 8.06. The zero-order valence-electron chi connectivity index (χ0n) is 13.2. The van der Waals surface area contributed by atoms with Crippen molar-refractivity contribution < 1.29 is 17.9 Å². The summed E-state index contributed by atoms with van der Waals surface area (Å²) in [5.74, 6) is 0.434. The molecule has 3 nitrogen and oxygen atoms in total. The summed E-state index contributed by atoms with van der Waals surface area (Å²) >= 11 is 0. The van der Waals surface area contributed by atoms with E-state index >= 15 is 0 Å². The molecule has 0 aliphatic heterocycles. The number of alkyl halides is 3. The van der Waals surface area contributed by atoms with Gasteiger partial charge in [-0.05, 0) is 36.8 Å². The predicted octanol–water partition coefficient (Wildman–Crippen LogP) is 4.81. The van der Waals surface area contributed by atoms with Crippen LogP contribution in [0, 0.1) is 23.2 Å². The highest BCUT2D eigenvalue weighted by molar-refractivity contribution is 5.39. The lowest BCUT2D eigenvalue weighted by molar-refractivity contribution is -0.141. The van der Waals surface area contributed by atoms with Crippen molar-refractivity contribution in [2.45, 2.75) is 52.8 Å². The number of hydrogen-bond acceptors (Lipinski definition) is 3. The van der Waals surface area contributed by atoms with E-state index in [1.807, 2.05) is 33.8 Å². The molecule has 0 aliphatic rings. The lowest BCUT2D eigenvalue weighted by Crippen LogP contribution is -2.23. The Hall–Kier alpha value is -1.77. The smallest absolute Gasteiger partial charge is 0.433 e. The minimum Gasteiger partial charge on any atom is -0.473 e. The second kappa shape index (κ2) is 7.48. The van der Waals surface area contributed by atoms with E-state index in [1.54, 1.807) is 0 Å². The first-order chi connectivity index (χ1) is 10.1. The molecule has 0 fully saturated rings. The molecule has 0 bridgehead atoms. The SMILES string of the molecule is CC(C)CC(CC(C)C)Oc1nc(C(F)(F)F)ccc1C#N. The molecule has 1 rings (SSSR count). The number of nitriles is 1. The fourth-order valence-electron chi connectivity index (χ4n) is 2.18. The predicted molar refractivity (Wildman–Crippen MR) is 77.3 cm³/mol. The largest absolute Gasteiger partial charge is 0.473 e. The standard InChI is InChI=1S/C16H21F3N2O/c1-10(2)7-13(8-11(3)4)22-15-12(9-20)5-6-14(21-15)16(17,18)19/h5-6,10-11,13H,7-8H2,1-4H3. The molecule has 0 amide bonds. The molecule has 0 aliphatic carbocycles. The third-order valence-corrected chi connectivity index (χ3v) is 3.02. The van der Waals surface area contributed by atoms with Crippen molar-refractivity contribution in [2.24, 2.45) is 11.8 Å². The number of rotatable bonds is 6. The number of hydrogen-bond donors (Lipinski definition) is 0. The molecule has 0 radical (unpaired) electrons. The van der Waals surface area contributed by atoms with Crippen molar-refractivity contribution in [2.75, 3.05) is 0 Å². The van der Waals surface area contributed by atoms with Gasteiger partial charge in [0.1, 0.15) is 23.4 Å². The Morgan fingerprint density at radius 2 is 1.68 bits per heavy atom. The van der Waals surface area contributed by atoms with Crippen LogP contribution in [0.15, 0.2) is 12.1 Å². The Labute approximate surface area is 129 Å². The minimum absolute atomic E-state index is 0.0190. The zero-order chi connectivity index (χ0) is 16.9. The highest BCUT2D eigenvalue weighted by atomic mass is 19.4. The topological polar surface area (TPSA) is 45.9 Å². The summed E-state index contributed by atoms with van der Waals surface area (Å²) in [5, 5.41) is 9.04. The van der Waals surface area contributed by atoms with Crippen molar-refractivity contribution >= 4 is 0 Å². The van der Waals surface area contributed by atoms with Gasteiger partial charge in [-0.15, -0.1) is 0 Å². The van der Waals surface area contributed by atoms with Gasteiger partial charge in [0.25, 0.3) is 0 Å². The summed E-state index contributed by atoms with van der Waals surface area (Å²) in [7, 11) is 0. The Morgan fingerprint density at radius 3 is 2.09 bits per heavy atom. The van der Waals surface area contributed by atoms with E-state index in [0.717, 1.165) is 12.1 Å². The molecular weight excluding hydrogens is 293 g/mol. The van der Waals surface area contributed by atoms with Crippen LogP contribution in [0.2, 0.25) is 0 Å². The third-order valence-electron chi connectivity index (χ3n) is 3.02. The summed E-state index contributed by atoms with van der Waals surface area (Å²) in [6.07, 6.45) is -3.43. The molecule has 6 heteroatoms. The van der Waals surface area contributed by atoms with Gasteiger partial charge in [0, 0.05) is 0 Å². The fourth-order valence-corrected chi connectivity index (χ4v) is 2.18. The fraction of sp³-hybridized carbons (Fsp3) is 0.625. The van der Waals surface area contributed by atoms with Crippen molar-refractivity contribution in [3.05, 3.63) is 23.4 Å². The van der Waals surface area contributed by atoms with E-state index in [0.29, 0.717) is 24.7 Å². The maximum absolute atomic E-state index is 12.8. The van der Waals surface area contributed by atoms with E-state index < -0.39 is 11.9 Å². The van der Waals surface area contributed by atoms with Crippen LogP contribution >= 0.6 is 0 Å². The molecule has 0 spiro atoms. The van der Waals surface area contributed by atoms with E-state index in [9.17, 15) is 13.2 Å². The molecule has 0 atom stereocenters. The molecule has 1 aromatic heterocycles. The molecule has 122 valence electrons. The molecule has 0 saturated heterocycles. The number of halogens is 3. The lowest BCUT2D eigenvalue weighted by atomic mass is 9.98. The van der Waals surface area contributed by atoms with Crippen molar-refractivity contribution in [3.63, 3.8) is 0 Å². The molecule has 0 aromatic carbocycles. The summed E-state index contributed by atoms with van der Waals surface area (Å²) in [5.41, 5.74) is -1.03. The maximum atomic E-state index is 12.8. The van der Waals surface area contributed by atoms with E-state index in [2.05, 4.69) is 4.98 Å². The maximum Gasteiger partial charge on any atom is 0.433 e. The highest BCUT2D eigenvalue weighted by Gasteiger charge is 2.33. The third kappa shape index (κ3) is 5.55. The Bertz CT molecular complexity index is 523. The van der Waals surface area contributed by atoms with E-state index in [1.165, 1.54) is 0 Å². The molecule has 0 unspecified atom stereocenters. The lowest BCUT2D eigenvalue weighted by Gasteiger charge is -2.23. The monoisotopic (exact) mass is 314 g/mol. The Balaban J connectivity index is 3.08. The summed E-state index contributed by atoms with van der Waals surface area (Å²) < 4.78 is 43.9. The second-order valence-corrected chi connectivity index (χ2v) is 6.16. The van der Waals surface area contributed by atoms with Gasteiger partial charge in [-0.2, -0.15) is 18.4 Å². The molecule has 1 heterocycles. The first kappa shape index (κ1) is 18.3. The molecule has 22 heavy (non-hydrogen) atoms. The number of aromatic nitrogens is 1. The minimum atomic E-state index is -4.56. The number of ether oxygens (including phenoxy) is 1. The number of pyridine rings is 1. The van der Waals surface area contributed by atoms with Gasteiger partial charge in [0.05, 0.1) is 0 Å². The van der Waals surface area contributed by atoms with Gasteiger partial charge in [-0.25, -0.2) is 4.98 Å². The Kier molecular flexibility index (Phi) is 6.21. The molecular formula is C16H21F3N2O. The molecule has 0 saturated carbocycles. The Morgan fingerprint density at radius 1 is 1.14 bits per heavy atom. The average Bonchev–Trinajstić information content (AvgIpc) is 2.35. The first-order valence-corrected chi connectivity index (χ1v) is 7.28. The van der Waals surface area contributed by atoms with Gasteiger partial charge in [-0.3, -0.25) is 0 Å². The summed E-state index contributed by atoms with van der Waals surface area (Å²) in [6, 6.07) is 3.73. The van der Waals surface area contributed by atoms with Crippen LogP contribution < -0.4 is 4.74 Å².